The van der Waals surface area contributed by atoms with Gasteiger partial charge in [-0.05, 0) is 12.3 Å². The average molecular weight is 391 g/mol. The number of rotatable bonds is 7. The normalized spacial score (nSPS) is 12.2. The maximum atomic E-state index is 11.3. The van der Waals surface area contributed by atoms with Crippen LogP contribution < -0.4 is 10.6 Å². The molecule has 0 saturated carbocycles. The molecule has 0 unspecified atom stereocenters. The lowest BCUT2D eigenvalue weighted by Crippen LogP contribution is -2.40. The fraction of sp³-hybridized carbons (Fsp3) is 0.909. The standard InChI is InChI=1S/C11H25N3O2S.HI/c1-5-17(15,16)9-8-14-11(12-4)13-7-6-10(2)3;/h10H,5-9H2,1-4H3,(H2,12,13,14);1H. The molecule has 0 bridgehead atoms. The first-order valence-electron chi connectivity index (χ1n) is 6.06. The molecule has 7 heteroatoms. The van der Waals surface area contributed by atoms with Crippen molar-refractivity contribution in [3.8, 4) is 0 Å². The van der Waals surface area contributed by atoms with E-state index >= 15 is 0 Å². The van der Waals surface area contributed by atoms with Crippen LogP contribution in [-0.4, -0.2) is 46.0 Å². The minimum Gasteiger partial charge on any atom is -0.356 e. The van der Waals surface area contributed by atoms with Crippen LogP contribution in [0.2, 0.25) is 0 Å². The van der Waals surface area contributed by atoms with Crippen molar-refractivity contribution >= 4 is 39.8 Å². The van der Waals surface area contributed by atoms with Crippen LogP contribution >= 0.6 is 24.0 Å². The smallest absolute Gasteiger partial charge is 0.191 e. The summed E-state index contributed by atoms with van der Waals surface area (Å²) in [4.78, 5) is 4.03. The Morgan fingerprint density at radius 2 is 1.78 bits per heavy atom. The van der Waals surface area contributed by atoms with Crippen LogP contribution in [0.4, 0.5) is 0 Å². The van der Waals surface area contributed by atoms with E-state index < -0.39 is 9.84 Å². The summed E-state index contributed by atoms with van der Waals surface area (Å²) in [6.45, 7) is 7.22. The van der Waals surface area contributed by atoms with Gasteiger partial charge in [-0.25, -0.2) is 8.42 Å². The van der Waals surface area contributed by atoms with Gasteiger partial charge in [0.15, 0.2) is 15.8 Å². The summed E-state index contributed by atoms with van der Waals surface area (Å²) in [6, 6.07) is 0. The van der Waals surface area contributed by atoms with Crippen LogP contribution in [0, 0.1) is 5.92 Å². The third-order valence-corrected chi connectivity index (χ3v) is 4.09. The predicted molar refractivity (Wildman–Crippen MR) is 88.6 cm³/mol. The zero-order valence-corrected chi connectivity index (χ0v) is 14.8. The Bertz CT molecular complexity index is 329. The van der Waals surface area contributed by atoms with Crippen LogP contribution in [-0.2, 0) is 9.84 Å². The van der Waals surface area contributed by atoms with Crippen molar-refractivity contribution in [2.24, 2.45) is 10.9 Å². The minimum atomic E-state index is -2.90. The molecule has 0 aliphatic heterocycles. The van der Waals surface area contributed by atoms with Gasteiger partial charge in [-0.15, -0.1) is 24.0 Å². The summed E-state index contributed by atoms with van der Waals surface area (Å²) in [6.07, 6.45) is 1.06. The van der Waals surface area contributed by atoms with E-state index in [0.29, 0.717) is 18.4 Å². The van der Waals surface area contributed by atoms with Crippen molar-refractivity contribution in [3.63, 3.8) is 0 Å². The molecule has 5 nitrogen and oxygen atoms in total. The zero-order valence-electron chi connectivity index (χ0n) is 11.7. The van der Waals surface area contributed by atoms with Crippen LogP contribution in [0.3, 0.4) is 0 Å². The molecule has 0 heterocycles. The molecule has 0 atom stereocenters. The molecule has 0 aromatic carbocycles. The van der Waals surface area contributed by atoms with Crippen LogP contribution in [0.15, 0.2) is 4.99 Å². The summed E-state index contributed by atoms with van der Waals surface area (Å²) < 4.78 is 22.5. The van der Waals surface area contributed by atoms with Crippen molar-refractivity contribution in [1.82, 2.24) is 10.6 Å². The van der Waals surface area contributed by atoms with Crippen molar-refractivity contribution in [2.45, 2.75) is 27.2 Å². The van der Waals surface area contributed by atoms with E-state index in [0.717, 1.165) is 13.0 Å². The Labute approximate surface area is 128 Å². The number of guanidine groups is 1. The highest BCUT2D eigenvalue weighted by molar-refractivity contribution is 14.0. The maximum absolute atomic E-state index is 11.3. The second-order valence-electron chi connectivity index (χ2n) is 4.34. The van der Waals surface area contributed by atoms with Crippen molar-refractivity contribution < 1.29 is 8.42 Å². The molecule has 0 spiro atoms. The van der Waals surface area contributed by atoms with Gasteiger partial charge in [0.25, 0.3) is 0 Å². The van der Waals surface area contributed by atoms with Crippen LogP contribution in [0.5, 0.6) is 0 Å². The van der Waals surface area contributed by atoms with E-state index in [4.69, 9.17) is 0 Å². The van der Waals surface area contributed by atoms with Crippen molar-refractivity contribution in [1.29, 1.82) is 0 Å². The summed E-state index contributed by atoms with van der Waals surface area (Å²) >= 11 is 0. The number of aliphatic imine (C=N–C) groups is 1. The SMILES string of the molecule is CCS(=O)(=O)CCNC(=NC)NCCC(C)C.I. The Balaban J connectivity index is 0. The number of sulfone groups is 1. The Kier molecular flexibility index (Phi) is 12.2. The first-order valence-corrected chi connectivity index (χ1v) is 7.88. The van der Waals surface area contributed by atoms with Gasteiger partial charge in [-0.2, -0.15) is 0 Å². The summed E-state index contributed by atoms with van der Waals surface area (Å²) in [5.41, 5.74) is 0. The lowest BCUT2D eigenvalue weighted by Gasteiger charge is -2.12. The van der Waals surface area contributed by atoms with Crippen LogP contribution in [0.1, 0.15) is 27.2 Å². The van der Waals surface area contributed by atoms with E-state index in [9.17, 15) is 8.42 Å². The number of nitrogens with zero attached hydrogens (tertiary/aromatic N) is 1. The monoisotopic (exact) mass is 391 g/mol. The molecule has 0 amide bonds. The first-order chi connectivity index (χ1) is 7.91. The highest BCUT2D eigenvalue weighted by atomic mass is 127. The second-order valence-corrected chi connectivity index (χ2v) is 6.82. The second kappa shape index (κ2) is 10.8. The molecule has 0 aromatic rings. The molecule has 0 aliphatic carbocycles. The molecule has 18 heavy (non-hydrogen) atoms. The molecule has 0 aromatic heterocycles. The van der Waals surface area contributed by atoms with E-state index in [1.54, 1.807) is 14.0 Å². The van der Waals surface area contributed by atoms with Crippen LogP contribution in [0.25, 0.3) is 0 Å². The minimum absolute atomic E-state index is 0. The third kappa shape index (κ3) is 11.1. The lowest BCUT2D eigenvalue weighted by atomic mass is 10.1. The molecule has 0 aliphatic rings. The maximum Gasteiger partial charge on any atom is 0.191 e. The van der Waals surface area contributed by atoms with E-state index in [1.807, 2.05) is 0 Å². The molecule has 2 N–H and O–H groups in total. The molecule has 0 rings (SSSR count). The largest absolute Gasteiger partial charge is 0.356 e. The van der Waals surface area contributed by atoms with Crippen molar-refractivity contribution in [2.75, 3.05) is 31.6 Å². The van der Waals surface area contributed by atoms with Gasteiger partial charge in [-0.1, -0.05) is 20.8 Å². The van der Waals surface area contributed by atoms with Gasteiger partial charge in [0, 0.05) is 25.9 Å². The Morgan fingerprint density at radius 3 is 2.22 bits per heavy atom. The molecule has 0 radical (unpaired) electrons. The van der Waals surface area contributed by atoms with E-state index in [2.05, 4.69) is 29.5 Å². The summed E-state index contributed by atoms with van der Waals surface area (Å²) in [5.74, 6) is 1.64. The highest BCUT2D eigenvalue weighted by Crippen LogP contribution is 1.95. The average Bonchev–Trinajstić information content (AvgIpc) is 2.26. The molecule has 110 valence electrons. The highest BCUT2D eigenvalue weighted by Gasteiger charge is 2.07. The number of nitrogens with one attached hydrogen (secondary N) is 2. The van der Waals surface area contributed by atoms with Gasteiger partial charge >= 0.3 is 0 Å². The fourth-order valence-corrected chi connectivity index (χ4v) is 1.87. The number of hydrogen-bond donors (Lipinski definition) is 2. The van der Waals surface area contributed by atoms with Gasteiger partial charge < -0.3 is 10.6 Å². The van der Waals surface area contributed by atoms with E-state index in [1.165, 1.54) is 0 Å². The Morgan fingerprint density at radius 1 is 1.22 bits per heavy atom. The zero-order chi connectivity index (χ0) is 13.3. The molecular formula is C11H26IN3O2S. The van der Waals surface area contributed by atoms with Gasteiger partial charge in [0.1, 0.15) is 0 Å². The predicted octanol–water partition coefficient (Wildman–Crippen LogP) is 1.25. The third-order valence-electron chi connectivity index (χ3n) is 2.38. The van der Waals surface area contributed by atoms with Gasteiger partial charge in [0.2, 0.25) is 0 Å². The van der Waals surface area contributed by atoms with Gasteiger partial charge in [0.05, 0.1) is 5.75 Å². The summed E-state index contributed by atoms with van der Waals surface area (Å²) in [7, 11) is -1.22. The topological polar surface area (TPSA) is 70.6 Å². The van der Waals surface area contributed by atoms with E-state index in [-0.39, 0.29) is 35.5 Å². The molecule has 0 fully saturated rings. The number of hydrogen-bond acceptors (Lipinski definition) is 3. The first kappa shape index (κ1) is 20.3. The molecular weight excluding hydrogens is 365 g/mol. The summed E-state index contributed by atoms with van der Waals surface area (Å²) in [5, 5.41) is 6.14. The Hall–Kier alpha value is -0.0500. The quantitative estimate of drug-likeness (QED) is 0.389. The number of halogens is 1. The van der Waals surface area contributed by atoms with Gasteiger partial charge in [-0.3, -0.25) is 4.99 Å². The van der Waals surface area contributed by atoms with Crippen molar-refractivity contribution in [3.05, 3.63) is 0 Å². The molecule has 0 saturated heterocycles. The lowest BCUT2D eigenvalue weighted by molar-refractivity contribution is 0.574. The fourth-order valence-electron chi connectivity index (χ4n) is 1.17.